The molecule has 0 spiro atoms. The van der Waals surface area contributed by atoms with Gasteiger partial charge in [0.2, 0.25) is 5.95 Å². The lowest BCUT2D eigenvalue weighted by Gasteiger charge is -2.04. The highest BCUT2D eigenvalue weighted by molar-refractivity contribution is 9.10. The topological polar surface area (TPSA) is 55.6 Å². The highest BCUT2D eigenvalue weighted by Crippen LogP contribution is 2.20. The summed E-state index contributed by atoms with van der Waals surface area (Å²) in [6.45, 7) is 0. The smallest absolute Gasteiger partial charge is 0.224 e. The number of halogens is 2. The summed E-state index contributed by atoms with van der Waals surface area (Å²) in [5, 5.41) is 7.02. The van der Waals surface area contributed by atoms with Crippen LogP contribution in [0.2, 0.25) is 0 Å². The minimum atomic E-state index is 0.555. The largest absolute Gasteiger partial charge is 0.357 e. The Balaban J connectivity index is 2.51. The molecular weight excluding hydrogens is 326 g/mol. The van der Waals surface area contributed by atoms with Gasteiger partial charge in [-0.25, -0.2) is 9.67 Å². The molecule has 0 radical (unpaired) electrons. The van der Waals surface area contributed by atoms with Crippen LogP contribution in [0, 0.1) is 0 Å². The van der Waals surface area contributed by atoms with Gasteiger partial charge in [-0.15, -0.1) is 0 Å². The minimum Gasteiger partial charge on any atom is -0.357 e. The molecule has 2 aromatic rings. The van der Waals surface area contributed by atoms with Crippen LogP contribution in [-0.4, -0.2) is 26.8 Å². The van der Waals surface area contributed by atoms with Crippen molar-refractivity contribution in [2.24, 2.45) is 0 Å². The van der Waals surface area contributed by atoms with E-state index in [4.69, 9.17) is 0 Å². The van der Waals surface area contributed by atoms with Gasteiger partial charge in [0, 0.05) is 19.4 Å². The third-order valence-electron chi connectivity index (χ3n) is 1.72. The molecule has 0 aliphatic carbocycles. The van der Waals surface area contributed by atoms with E-state index in [-0.39, 0.29) is 0 Å². The van der Waals surface area contributed by atoms with Crippen LogP contribution < -0.4 is 5.32 Å². The van der Waals surface area contributed by atoms with Gasteiger partial charge in [0.25, 0.3) is 0 Å². The molecule has 2 rings (SSSR count). The summed E-state index contributed by atoms with van der Waals surface area (Å²) < 4.78 is 3.35. The van der Waals surface area contributed by atoms with Crippen molar-refractivity contribution in [3.8, 4) is 5.82 Å². The van der Waals surface area contributed by atoms with Crippen molar-refractivity contribution in [1.82, 2.24) is 19.7 Å². The molecule has 0 amide bonds. The van der Waals surface area contributed by atoms with Gasteiger partial charge in [-0.1, -0.05) is 0 Å². The second-order valence-electron chi connectivity index (χ2n) is 2.72. The highest BCUT2D eigenvalue weighted by atomic mass is 79.9. The second kappa shape index (κ2) is 4.28. The third kappa shape index (κ3) is 2.18. The Kier molecular flexibility index (Phi) is 3.01. The third-order valence-corrected chi connectivity index (χ3v) is 2.69. The summed E-state index contributed by atoms with van der Waals surface area (Å²) in [7, 11) is 1.77. The molecule has 0 atom stereocenters. The Morgan fingerprint density at radius 1 is 1.33 bits per heavy atom. The van der Waals surface area contributed by atoms with Crippen molar-refractivity contribution < 1.29 is 0 Å². The average molecular weight is 333 g/mol. The maximum absolute atomic E-state index is 4.28. The van der Waals surface area contributed by atoms with E-state index < -0.39 is 0 Å². The van der Waals surface area contributed by atoms with Crippen molar-refractivity contribution >= 4 is 37.8 Å². The van der Waals surface area contributed by atoms with Crippen LogP contribution in [0.4, 0.5) is 5.95 Å². The summed E-state index contributed by atoms with van der Waals surface area (Å²) in [4.78, 5) is 8.35. The molecule has 0 aliphatic heterocycles. The van der Waals surface area contributed by atoms with Crippen LogP contribution >= 0.6 is 31.9 Å². The van der Waals surface area contributed by atoms with Crippen LogP contribution in [0.15, 0.2) is 27.5 Å². The van der Waals surface area contributed by atoms with Crippen molar-refractivity contribution in [2.45, 2.75) is 0 Å². The van der Waals surface area contributed by atoms with E-state index in [1.807, 2.05) is 6.20 Å². The summed E-state index contributed by atoms with van der Waals surface area (Å²) in [6.07, 6.45) is 5.21. The molecule has 5 nitrogen and oxygen atoms in total. The number of hydrogen-bond acceptors (Lipinski definition) is 4. The quantitative estimate of drug-likeness (QED) is 0.916. The Labute approximate surface area is 103 Å². The standard InChI is InChI=1S/C8H7Br2N5/c1-11-8-12-3-6(10)7(14-8)15-4-5(9)2-13-15/h2-4H,1H3,(H,11,12,14). The van der Waals surface area contributed by atoms with E-state index in [0.717, 1.165) is 8.95 Å². The molecule has 7 heteroatoms. The van der Waals surface area contributed by atoms with Gasteiger partial charge in [-0.05, 0) is 31.9 Å². The first-order chi connectivity index (χ1) is 7.20. The lowest BCUT2D eigenvalue weighted by molar-refractivity contribution is 0.835. The molecule has 0 saturated carbocycles. The molecular formula is C8H7Br2N5. The van der Waals surface area contributed by atoms with Crippen LogP contribution in [-0.2, 0) is 0 Å². The monoisotopic (exact) mass is 331 g/mol. The fourth-order valence-electron chi connectivity index (χ4n) is 1.06. The number of hydrogen-bond donors (Lipinski definition) is 1. The zero-order chi connectivity index (χ0) is 10.8. The predicted molar refractivity (Wildman–Crippen MR) is 64.1 cm³/mol. The van der Waals surface area contributed by atoms with Crippen LogP contribution in [0.3, 0.4) is 0 Å². The number of aromatic nitrogens is 4. The molecule has 0 aliphatic rings. The Morgan fingerprint density at radius 2 is 2.13 bits per heavy atom. The van der Waals surface area contributed by atoms with E-state index in [2.05, 4.69) is 52.2 Å². The first-order valence-corrected chi connectivity index (χ1v) is 5.70. The van der Waals surface area contributed by atoms with Gasteiger partial charge < -0.3 is 5.32 Å². The zero-order valence-electron chi connectivity index (χ0n) is 7.78. The summed E-state index contributed by atoms with van der Waals surface area (Å²) in [5.74, 6) is 1.25. The molecule has 0 bridgehead atoms. The molecule has 1 N–H and O–H groups in total. The number of anilines is 1. The minimum absolute atomic E-state index is 0.555. The maximum atomic E-state index is 4.28. The fourth-order valence-corrected chi connectivity index (χ4v) is 1.71. The van der Waals surface area contributed by atoms with E-state index in [0.29, 0.717) is 11.8 Å². The average Bonchev–Trinajstić information content (AvgIpc) is 2.65. The van der Waals surface area contributed by atoms with E-state index in [1.165, 1.54) is 0 Å². The van der Waals surface area contributed by atoms with Crippen molar-refractivity contribution in [3.63, 3.8) is 0 Å². The predicted octanol–water partition coefficient (Wildman–Crippen LogP) is 2.23. The number of rotatable bonds is 2. The normalized spacial score (nSPS) is 10.3. The molecule has 2 heterocycles. The summed E-state index contributed by atoms with van der Waals surface area (Å²) >= 11 is 6.71. The molecule has 78 valence electrons. The molecule has 2 aromatic heterocycles. The van der Waals surface area contributed by atoms with Gasteiger partial charge in [0.05, 0.1) is 15.1 Å². The molecule has 0 aromatic carbocycles. The van der Waals surface area contributed by atoms with Crippen molar-refractivity contribution in [1.29, 1.82) is 0 Å². The zero-order valence-corrected chi connectivity index (χ0v) is 10.9. The van der Waals surface area contributed by atoms with Crippen LogP contribution in [0.1, 0.15) is 0 Å². The first-order valence-electron chi connectivity index (χ1n) is 4.11. The number of nitrogens with zero attached hydrogens (tertiary/aromatic N) is 4. The lowest BCUT2D eigenvalue weighted by atomic mass is 10.6. The Morgan fingerprint density at radius 3 is 2.73 bits per heavy atom. The van der Waals surface area contributed by atoms with Crippen LogP contribution in [0.5, 0.6) is 0 Å². The van der Waals surface area contributed by atoms with Gasteiger partial charge in [0.15, 0.2) is 5.82 Å². The molecule has 0 saturated heterocycles. The highest BCUT2D eigenvalue weighted by Gasteiger charge is 2.07. The Bertz CT molecular complexity index is 482. The van der Waals surface area contributed by atoms with E-state index in [9.17, 15) is 0 Å². The summed E-state index contributed by atoms with van der Waals surface area (Å²) in [6, 6.07) is 0. The van der Waals surface area contributed by atoms with Crippen molar-refractivity contribution in [3.05, 3.63) is 27.5 Å². The van der Waals surface area contributed by atoms with E-state index >= 15 is 0 Å². The molecule has 15 heavy (non-hydrogen) atoms. The van der Waals surface area contributed by atoms with E-state index in [1.54, 1.807) is 24.1 Å². The van der Waals surface area contributed by atoms with Gasteiger partial charge in [0.1, 0.15) is 0 Å². The van der Waals surface area contributed by atoms with Gasteiger partial charge in [-0.3, -0.25) is 0 Å². The van der Waals surface area contributed by atoms with Gasteiger partial charge in [-0.2, -0.15) is 10.1 Å². The number of nitrogens with one attached hydrogen (secondary N) is 1. The summed E-state index contributed by atoms with van der Waals surface area (Å²) in [5.41, 5.74) is 0. The maximum Gasteiger partial charge on any atom is 0.224 e. The SMILES string of the molecule is CNc1ncc(Br)c(-n2cc(Br)cn2)n1. The van der Waals surface area contributed by atoms with Gasteiger partial charge >= 0.3 is 0 Å². The van der Waals surface area contributed by atoms with Crippen LogP contribution in [0.25, 0.3) is 5.82 Å². The van der Waals surface area contributed by atoms with Crippen molar-refractivity contribution in [2.75, 3.05) is 12.4 Å². The molecule has 0 fully saturated rings. The first kappa shape index (κ1) is 10.6. The second-order valence-corrected chi connectivity index (χ2v) is 4.49. The lowest BCUT2D eigenvalue weighted by Crippen LogP contribution is -2.04. The fraction of sp³-hybridized carbons (Fsp3) is 0.125. The molecule has 0 unspecified atom stereocenters. The Hall–Kier alpha value is -0.950.